The Morgan fingerprint density at radius 1 is 1.31 bits per heavy atom. The van der Waals surface area contributed by atoms with Crippen LogP contribution in [-0.4, -0.2) is 41.1 Å². The Balaban J connectivity index is 1.66. The van der Waals surface area contributed by atoms with Gasteiger partial charge in [-0.15, -0.1) is 0 Å². The van der Waals surface area contributed by atoms with E-state index >= 15 is 0 Å². The van der Waals surface area contributed by atoms with Crippen LogP contribution in [0.2, 0.25) is 5.02 Å². The zero-order valence-electron chi connectivity index (χ0n) is 14.3. The molecule has 1 amide bonds. The van der Waals surface area contributed by atoms with Crippen molar-refractivity contribution in [3.05, 3.63) is 40.4 Å². The molecule has 1 fully saturated rings. The molecule has 3 rings (SSSR count). The van der Waals surface area contributed by atoms with E-state index in [9.17, 15) is 9.18 Å². The number of aromatic nitrogens is 3. The average molecular weight is 380 g/mol. The summed E-state index contributed by atoms with van der Waals surface area (Å²) in [4.78, 5) is 27.0. The van der Waals surface area contributed by atoms with Crippen molar-refractivity contribution < 1.29 is 13.9 Å². The number of carbonyl (C=O) groups excluding carboxylic acids is 1. The van der Waals surface area contributed by atoms with Crippen molar-refractivity contribution in [3.8, 4) is 6.01 Å². The van der Waals surface area contributed by atoms with Crippen molar-refractivity contribution in [2.24, 2.45) is 0 Å². The third kappa shape index (κ3) is 4.37. The van der Waals surface area contributed by atoms with E-state index in [1.165, 1.54) is 19.2 Å². The smallest absolute Gasteiger partial charge is 0.321 e. The van der Waals surface area contributed by atoms with Gasteiger partial charge in [0.25, 0.3) is 0 Å². The minimum Gasteiger partial charge on any atom is -0.467 e. The van der Waals surface area contributed by atoms with Gasteiger partial charge >= 0.3 is 6.01 Å². The lowest BCUT2D eigenvalue weighted by molar-refractivity contribution is -0.120. The van der Waals surface area contributed by atoms with Crippen molar-refractivity contribution in [3.63, 3.8) is 0 Å². The molecular weight excluding hydrogens is 361 g/mol. The summed E-state index contributed by atoms with van der Waals surface area (Å²) in [7, 11) is 1.48. The molecule has 9 heteroatoms. The van der Waals surface area contributed by atoms with Crippen LogP contribution in [0.4, 0.5) is 10.3 Å². The predicted molar refractivity (Wildman–Crippen MR) is 94.8 cm³/mol. The van der Waals surface area contributed by atoms with Crippen LogP contribution in [0.25, 0.3) is 0 Å². The molecule has 0 saturated carbocycles. The molecule has 1 saturated heterocycles. The fourth-order valence-electron chi connectivity index (χ4n) is 2.72. The van der Waals surface area contributed by atoms with Gasteiger partial charge in [0, 0.05) is 23.7 Å². The van der Waals surface area contributed by atoms with Crippen LogP contribution in [0.15, 0.2) is 18.2 Å². The van der Waals surface area contributed by atoms with E-state index in [-0.39, 0.29) is 35.5 Å². The average Bonchev–Trinajstić information content (AvgIpc) is 3.18. The number of amides is 1. The summed E-state index contributed by atoms with van der Waals surface area (Å²) in [5.41, 5.74) is 0.164. The van der Waals surface area contributed by atoms with Gasteiger partial charge in [-0.2, -0.15) is 15.0 Å². The zero-order valence-corrected chi connectivity index (χ0v) is 15.1. The van der Waals surface area contributed by atoms with Crippen LogP contribution in [0.3, 0.4) is 0 Å². The molecule has 1 N–H and O–H groups in total. The number of hydrogen-bond donors (Lipinski definition) is 1. The van der Waals surface area contributed by atoms with Crippen LogP contribution < -0.4 is 15.0 Å². The fraction of sp³-hybridized carbons (Fsp3) is 0.412. The molecule has 1 aliphatic heterocycles. The molecule has 138 valence electrons. The maximum Gasteiger partial charge on any atom is 0.321 e. The largest absolute Gasteiger partial charge is 0.467 e. The molecule has 0 radical (unpaired) electrons. The summed E-state index contributed by atoms with van der Waals surface area (Å²) in [6.07, 6.45) is 2.01. The molecule has 0 bridgehead atoms. The van der Waals surface area contributed by atoms with Crippen LogP contribution in [-0.2, 0) is 17.8 Å². The fourth-order valence-corrected chi connectivity index (χ4v) is 2.95. The summed E-state index contributed by atoms with van der Waals surface area (Å²) in [6, 6.07) is 4.51. The van der Waals surface area contributed by atoms with E-state index in [0.29, 0.717) is 11.8 Å². The van der Waals surface area contributed by atoms with E-state index in [4.69, 9.17) is 16.3 Å². The maximum absolute atomic E-state index is 13.8. The van der Waals surface area contributed by atoms with Crippen LogP contribution in [0.5, 0.6) is 6.01 Å². The highest BCUT2D eigenvalue weighted by Crippen LogP contribution is 2.20. The highest BCUT2D eigenvalue weighted by atomic mass is 35.5. The molecule has 0 spiro atoms. The topological polar surface area (TPSA) is 80.2 Å². The SMILES string of the molecule is COc1nc(CNC(=O)Cc2c(F)cccc2Cl)nc(N2CCCC2)n1. The number of carbonyl (C=O) groups is 1. The summed E-state index contributed by atoms with van der Waals surface area (Å²) in [5.74, 6) is 0.0346. The zero-order chi connectivity index (χ0) is 18.5. The Bertz CT molecular complexity index is 778. The van der Waals surface area contributed by atoms with Gasteiger partial charge in [-0.3, -0.25) is 4.79 Å². The van der Waals surface area contributed by atoms with E-state index in [1.807, 2.05) is 0 Å². The highest BCUT2D eigenvalue weighted by molar-refractivity contribution is 6.31. The van der Waals surface area contributed by atoms with Gasteiger partial charge < -0.3 is 15.0 Å². The Morgan fingerprint density at radius 2 is 2.08 bits per heavy atom. The lowest BCUT2D eigenvalue weighted by Crippen LogP contribution is -2.27. The monoisotopic (exact) mass is 379 g/mol. The number of nitrogens with one attached hydrogen (secondary N) is 1. The number of methoxy groups -OCH3 is 1. The Labute approximate surface area is 155 Å². The second kappa shape index (κ2) is 8.27. The second-order valence-electron chi connectivity index (χ2n) is 5.89. The molecule has 2 heterocycles. The van der Waals surface area contributed by atoms with Gasteiger partial charge in [-0.1, -0.05) is 17.7 Å². The first-order chi connectivity index (χ1) is 12.6. The number of ether oxygens (including phenoxy) is 1. The third-order valence-electron chi connectivity index (χ3n) is 4.06. The predicted octanol–water partition coefficient (Wildman–Crippen LogP) is 2.13. The van der Waals surface area contributed by atoms with Gasteiger partial charge in [0.2, 0.25) is 11.9 Å². The van der Waals surface area contributed by atoms with Crippen molar-refractivity contribution in [2.45, 2.75) is 25.8 Å². The minimum absolute atomic E-state index is 0.0879. The van der Waals surface area contributed by atoms with Gasteiger partial charge in [0.05, 0.1) is 20.1 Å². The van der Waals surface area contributed by atoms with Crippen LogP contribution in [0.1, 0.15) is 24.2 Å². The van der Waals surface area contributed by atoms with Crippen LogP contribution >= 0.6 is 11.6 Å². The first-order valence-corrected chi connectivity index (χ1v) is 8.68. The second-order valence-corrected chi connectivity index (χ2v) is 6.29. The van der Waals surface area contributed by atoms with Gasteiger partial charge in [-0.25, -0.2) is 4.39 Å². The number of hydrogen-bond acceptors (Lipinski definition) is 6. The first-order valence-electron chi connectivity index (χ1n) is 8.30. The molecule has 2 aromatic rings. The standard InChI is InChI=1S/C17H19ClFN5O2/c1-26-17-22-14(21-16(23-17)24-7-2-3-8-24)10-20-15(25)9-11-12(18)5-4-6-13(11)19/h4-6H,2-3,7-10H2,1H3,(H,20,25). The molecule has 0 aliphatic carbocycles. The summed E-state index contributed by atoms with van der Waals surface area (Å²) < 4.78 is 18.9. The van der Waals surface area contributed by atoms with Gasteiger partial charge in [-0.05, 0) is 25.0 Å². The van der Waals surface area contributed by atoms with Crippen molar-refractivity contribution in [2.75, 3.05) is 25.1 Å². The van der Waals surface area contributed by atoms with Gasteiger partial charge in [0.15, 0.2) is 5.82 Å². The molecule has 1 aromatic carbocycles. The van der Waals surface area contributed by atoms with Crippen molar-refractivity contribution >= 4 is 23.5 Å². The summed E-state index contributed by atoms with van der Waals surface area (Å²) >= 11 is 5.95. The number of halogens is 2. The molecule has 1 aromatic heterocycles. The highest BCUT2D eigenvalue weighted by Gasteiger charge is 2.18. The number of benzene rings is 1. The molecule has 0 unspecified atom stereocenters. The van der Waals surface area contributed by atoms with Crippen molar-refractivity contribution in [1.82, 2.24) is 20.3 Å². The lowest BCUT2D eigenvalue weighted by atomic mass is 10.1. The Morgan fingerprint density at radius 3 is 2.77 bits per heavy atom. The minimum atomic E-state index is -0.509. The van der Waals surface area contributed by atoms with E-state index in [0.717, 1.165) is 25.9 Å². The lowest BCUT2D eigenvalue weighted by Gasteiger charge is -2.16. The number of anilines is 1. The third-order valence-corrected chi connectivity index (χ3v) is 4.42. The molecular formula is C17H19ClFN5O2. The van der Waals surface area contributed by atoms with E-state index in [1.54, 1.807) is 6.07 Å². The molecule has 1 aliphatic rings. The molecule has 26 heavy (non-hydrogen) atoms. The molecule has 0 atom stereocenters. The Kier molecular flexibility index (Phi) is 5.82. The van der Waals surface area contributed by atoms with Gasteiger partial charge in [0.1, 0.15) is 5.82 Å². The van der Waals surface area contributed by atoms with E-state index < -0.39 is 5.82 Å². The number of rotatable bonds is 6. The summed E-state index contributed by atoms with van der Waals surface area (Å²) in [5, 5.41) is 2.90. The maximum atomic E-state index is 13.8. The normalized spacial score (nSPS) is 13.7. The number of nitrogens with zero attached hydrogens (tertiary/aromatic N) is 4. The van der Waals surface area contributed by atoms with E-state index in [2.05, 4.69) is 25.2 Å². The first kappa shape index (κ1) is 18.3. The van der Waals surface area contributed by atoms with Crippen molar-refractivity contribution in [1.29, 1.82) is 0 Å². The quantitative estimate of drug-likeness (QED) is 0.828. The Hall–Kier alpha value is -2.48. The summed E-state index contributed by atoms with van der Waals surface area (Å²) in [6.45, 7) is 1.85. The molecule has 7 nitrogen and oxygen atoms in total. The van der Waals surface area contributed by atoms with Crippen LogP contribution in [0, 0.1) is 5.82 Å².